The fourth-order valence-electron chi connectivity index (χ4n) is 5.81. The van der Waals surface area contributed by atoms with Gasteiger partial charge in [-0.15, -0.1) is 5.10 Å². The van der Waals surface area contributed by atoms with Crippen LogP contribution in [0.4, 0.5) is 4.79 Å². The van der Waals surface area contributed by atoms with E-state index in [4.69, 9.17) is 14.2 Å². The molecule has 3 rings (SSSR count). The molecule has 6 nitrogen and oxygen atoms in total. The highest BCUT2D eigenvalue weighted by Gasteiger charge is 2.18. The number of carbonyl (C=O) groups excluding carboxylic acids is 1. The van der Waals surface area contributed by atoms with Gasteiger partial charge in [-0.1, -0.05) is 154 Å². The maximum Gasteiger partial charge on any atom is 0.515 e. The molecule has 0 saturated heterocycles. The molecule has 6 heteroatoms. The molecule has 3 aromatic rings. The maximum atomic E-state index is 12.6. The van der Waals surface area contributed by atoms with Crippen molar-refractivity contribution in [2.24, 2.45) is 5.92 Å². The molecule has 46 heavy (non-hydrogen) atoms. The number of hydrogen-bond donors (Lipinski definition) is 0. The van der Waals surface area contributed by atoms with Gasteiger partial charge in [-0.25, -0.2) is 9.48 Å². The molecular formula is C40H60N2O4. The molecular weight excluding hydrogens is 572 g/mol. The third-order valence-corrected chi connectivity index (χ3v) is 8.75. The Morgan fingerprint density at radius 3 is 1.98 bits per heavy atom. The Bertz CT molecular complexity index is 1210. The number of aromatic nitrogens is 2. The Kier molecular flexibility index (Phi) is 18.7. The number of carbonyl (C=O) groups is 1. The van der Waals surface area contributed by atoms with E-state index in [0.717, 1.165) is 54.8 Å². The van der Waals surface area contributed by atoms with Gasteiger partial charge in [-0.2, -0.15) is 0 Å². The maximum absolute atomic E-state index is 12.6. The Morgan fingerprint density at radius 1 is 0.717 bits per heavy atom. The van der Waals surface area contributed by atoms with Crippen LogP contribution in [-0.2, 0) is 4.74 Å². The summed E-state index contributed by atoms with van der Waals surface area (Å²) < 4.78 is 19.0. The van der Waals surface area contributed by atoms with E-state index in [9.17, 15) is 4.79 Å². The van der Waals surface area contributed by atoms with Crippen molar-refractivity contribution >= 4 is 6.16 Å². The van der Waals surface area contributed by atoms with Gasteiger partial charge in [0.25, 0.3) is 0 Å². The SMILES string of the molecule is CCCCCCCCCCCCCCCCOc1cccc(-c2cc(OC(=O)OCC(CC)CCCC)nn2-c2ccccc2)c1. The summed E-state index contributed by atoms with van der Waals surface area (Å²) in [4.78, 5) is 12.6. The number of unbranched alkanes of at least 4 members (excludes halogenated alkanes) is 14. The minimum atomic E-state index is -0.718. The van der Waals surface area contributed by atoms with Crippen LogP contribution in [0, 0.1) is 5.92 Å². The van der Waals surface area contributed by atoms with Crippen molar-refractivity contribution in [3.05, 3.63) is 60.7 Å². The summed E-state index contributed by atoms with van der Waals surface area (Å²) in [6.07, 6.45) is 22.4. The first-order valence-corrected chi connectivity index (χ1v) is 18.4. The predicted octanol–water partition coefficient (Wildman–Crippen LogP) is 12.1. The Morgan fingerprint density at radius 2 is 1.35 bits per heavy atom. The lowest BCUT2D eigenvalue weighted by Gasteiger charge is -2.13. The molecule has 2 aromatic carbocycles. The lowest BCUT2D eigenvalue weighted by molar-refractivity contribution is 0.0797. The van der Waals surface area contributed by atoms with E-state index < -0.39 is 6.16 Å². The molecule has 0 bridgehead atoms. The zero-order valence-corrected chi connectivity index (χ0v) is 29.0. The monoisotopic (exact) mass is 632 g/mol. The van der Waals surface area contributed by atoms with Crippen molar-refractivity contribution in [1.82, 2.24) is 9.78 Å². The van der Waals surface area contributed by atoms with Gasteiger partial charge >= 0.3 is 6.16 Å². The minimum absolute atomic E-state index is 0.208. The fourth-order valence-corrected chi connectivity index (χ4v) is 5.81. The molecule has 0 radical (unpaired) electrons. The van der Waals surface area contributed by atoms with E-state index >= 15 is 0 Å². The lowest BCUT2D eigenvalue weighted by Crippen LogP contribution is -2.17. The summed E-state index contributed by atoms with van der Waals surface area (Å²) >= 11 is 0. The number of nitrogens with zero attached hydrogens (tertiary/aromatic N) is 2. The van der Waals surface area contributed by atoms with Gasteiger partial charge in [-0.05, 0) is 43.0 Å². The second kappa shape index (κ2) is 23.1. The molecule has 0 saturated carbocycles. The number of para-hydroxylation sites is 1. The number of hydrogen-bond acceptors (Lipinski definition) is 5. The van der Waals surface area contributed by atoms with Gasteiger partial charge < -0.3 is 14.2 Å². The quantitative estimate of drug-likeness (QED) is 0.0687. The third-order valence-electron chi connectivity index (χ3n) is 8.75. The van der Waals surface area contributed by atoms with Gasteiger partial charge in [0.2, 0.25) is 5.88 Å². The summed E-state index contributed by atoms with van der Waals surface area (Å²) in [5.41, 5.74) is 2.62. The van der Waals surface area contributed by atoms with Crippen molar-refractivity contribution in [3.63, 3.8) is 0 Å². The molecule has 0 spiro atoms. The first kappa shape index (κ1) is 37.2. The summed E-state index contributed by atoms with van der Waals surface area (Å²) in [6.45, 7) is 7.65. The molecule has 0 fully saturated rings. The normalized spacial score (nSPS) is 11.8. The Labute approximate surface area is 279 Å². The molecule has 0 amide bonds. The molecule has 1 atom stereocenters. The van der Waals surface area contributed by atoms with Crippen molar-refractivity contribution in [2.45, 2.75) is 136 Å². The largest absolute Gasteiger partial charge is 0.515 e. The summed E-state index contributed by atoms with van der Waals surface area (Å²) in [5, 5.41) is 4.62. The summed E-state index contributed by atoms with van der Waals surface area (Å²) in [7, 11) is 0. The van der Waals surface area contributed by atoms with Gasteiger partial charge in [0.05, 0.1) is 24.6 Å². The lowest BCUT2D eigenvalue weighted by atomic mass is 10.0. The Hall–Kier alpha value is -3.28. The zero-order chi connectivity index (χ0) is 32.7. The van der Waals surface area contributed by atoms with Crippen LogP contribution < -0.4 is 9.47 Å². The standard InChI is InChI=1S/C40H60N2O4/c1-4-7-9-10-11-12-13-14-15-16-17-18-19-23-30-44-37-29-24-26-35(31-37)38-32-39(41-42(38)36-27-21-20-22-28-36)46-40(43)45-33-34(6-3)25-8-5-2/h20-22,24,26-29,31-32,34H,4-19,23,25,30,33H2,1-3H3. The minimum Gasteiger partial charge on any atom is -0.494 e. The molecule has 254 valence electrons. The van der Waals surface area contributed by atoms with Crippen LogP contribution in [0.1, 0.15) is 136 Å². The van der Waals surface area contributed by atoms with E-state index in [0.29, 0.717) is 19.1 Å². The average molecular weight is 633 g/mol. The number of rotatable bonds is 25. The molecule has 1 unspecified atom stereocenters. The second-order valence-corrected chi connectivity index (χ2v) is 12.7. The van der Waals surface area contributed by atoms with Crippen molar-refractivity contribution in [3.8, 4) is 28.6 Å². The van der Waals surface area contributed by atoms with Crippen LogP contribution in [-0.4, -0.2) is 29.1 Å². The van der Waals surface area contributed by atoms with Gasteiger partial charge in [0.1, 0.15) is 5.75 Å². The van der Waals surface area contributed by atoms with E-state index in [-0.39, 0.29) is 5.88 Å². The predicted molar refractivity (Wildman–Crippen MR) is 190 cm³/mol. The fraction of sp³-hybridized carbons (Fsp3) is 0.600. The van der Waals surface area contributed by atoms with Crippen LogP contribution in [0.3, 0.4) is 0 Å². The van der Waals surface area contributed by atoms with Crippen LogP contribution in [0.25, 0.3) is 16.9 Å². The number of ether oxygens (including phenoxy) is 3. The van der Waals surface area contributed by atoms with E-state index in [1.54, 1.807) is 10.7 Å². The van der Waals surface area contributed by atoms with Crippen LogP contribution in [0.5, 0.6) is 11.6 Å². The van der Waals surface area contributed by atoms with Crippen LogP contribution in [0.2, 0.25) is 0 Å². The van der Waals surface area contributed by atoms with Crippen molar-refractivity contribution in [1.29, 1.82) is 0 Å². The van der Waals surface area contributed by atoms with Gasteiger partial charge in [-0.3, -0.25) is 0 Å². The molecule has 1 aromatic heterocycles. The zero-order valence-electron chi connectivity index (χ0n) is 29.0. The molecule has 0 aliphatic heterocycles. The second-order valence-electron chi connectivity index (χ2n) is 12.7. The van der Waals surface area contributed by atoms with Crippen LogP contribution >= 0.6 is 0 Å². The number of benzene rings is 2. The van der Waals surface area contributed by atoms with Crippen LogP contribution in [0.15, 0.2) is 60.7 Å². The Balaban J connectivity index is 1.45. The van der Waals surface area contributed by atoms with E-state index in [1.807, 2.05) is 54.6 Å². The summed E-state index contributed by atoms with van der Waals surface area (Å²) in [6, 6.07) is 19.7. The highest BCUT2D eigenvalue weighted by Crippen LogP contribution is 2.30. The van der Waals surface area contributed by atoms with E-state index in [1.165, 1.54) is 83.5 Å². The van der Waals surface area contributed by atoms with Gasteiger partial charge in [0, 0.05) is 11.6 Å². The smallest absolute Gasteiger partial charge is 0.494 e. The average Bonchev–Trinajstić information content (AvgIpc) is 3.51. The third kappa shape index (κ3) is 14.4. The molecule has 0 N–H and O–H groups in total. The molecule has 0 aliphatic carbocycles. The topological polar surface area (TPSA) is 62.6 Å². The highest BCUT2D eigenvalue weighted by molar-refractivity contribution is 5.68. The van der Waals surface area contributed by atoms with E-state index in [2.05, 4.69) is 25.9 Å². The summed E-state index contributed by atoms with van der Waals surface area (Å²) in [5.74, 6) is 1.38. The molecule has 0 aliphatic rings. The first-order chi connectivity index (χ1) is 22.6. The van der Waals surface area contributed by atoms with Crippen molar-refractivity contribution in [2.75, 3.05) is 13.2 Å². The van der Waals surface area contributed by atoms with Gasteiger partial charge in [0.15, 0.2) is 0 Å². The first-order valence-electron chi connectivity index (χ1n) is 18.4. The molecule has 1 heterocycles. The van der Waals surface area contributed by atoms with Crippen molar-refractivity contribution < 1.29 is 19.0 Å². The highest BCUT2D eigenvalue weighted by atomic mass is 16.7.